The van der Waals surface area contributed by atoms with Gasteiger partial charge in [0.25, 0.3) is 0 Å². The monoisotopic (exact) mass is 344 g/mol. The molecule has 0 spiro atoms. The van der Waals surface area contributed by atoms with E-state index in [1.807, 2.05) is 30.3 Å². The fourth-order valence-corrected chi connectivity index (χ4v) is 2.98. The number of nitrogens with two attached hydrogens (primary N) is 1. The topological polar surface area (TPSA) is 81.8 Å². The zero-order chi connectivity index (χ0) is 17.6. The molecule has 0 aromatic heterocycles. The highest BCUT2D eigenvalue weighted by Gasteiger charge is 2.16. The molecule has 126 valence electrons. The molecule has 2 aromatic carbocycles. The van der Waals surface area contributed by atoms with Gasteiger partial charge in [0.2, 0.25) is 10.0 Å². The van der Waals surface area contributed by atoms with Crippen LogP contribution in [-0.2, 0) is 16.4 Å². The van der Waals surface area contributed by atoms with Gasteiger partial charge < -0.3 is 4.74 Å². The van der Waals surface area contributed by atoms with Gasteiger partial charge in [-0.2, -0.15) is 0 Å². The fourth-order valence-electron chi connectivity index (χ4n) is 2.23. The molecule has 24 heavy (non-hydrogen) atoms. The van der Waals surface area contributed by atoms with Crippen molar-refractivity contribution in [1.82, 2.24) is 0 Å². The first-order chi connectivity index (χ1) is 11.4. The van der Waals surface area contributed by atoms with Crippen molar-refractivity contribution in [2.45, 2.75) is 17.4 Å². The molecule has 0 saturated heterocycles. The molecular formula is C18H20N2O3S. The summed E-state index contributed by atoms with van der Waals surface area (Å²) in [5, 5.41) is 5.24. The van der Waals surface area contributed by atoms with Gasteiger partial charge >= 0.3 is 0 Å². The first-order valence-corrected chi connectivity index (χ1v) is 8.89. The second-order valence-electron chi connectivity index (χ2n) is 5.23. The van der Waals surface area contributed by atoms with Crippen LogP contribution < -0.4 is 9.88 Å². The molecule has 0 aliphatic heterocycles. The van der Waals surface area contributed by atoms with Gasteiger partial charge in [0, 0.05) is 6.21 Å². The van der Waals surface area contributed by atoms with Crippen molar-refractivity contribution in [2.24, 2.45) is 10.1 Å². The van der Waals surface area contributed by atoms with Crippen LogP contribution in [0.1, 0.15) is 11.1 Å². The standard InChI is InChI=1S/C18H20N2O3S/c1-3-16(20-13-14-7-5-4-6-8-14)11-15-9-10-17(23-2)18(12-15)24(19,21)22/h3-10,12-13,16H,1,11H2,2H3,(H2,19,21,22)/t16-/m1/s1. The van der Waals surface area contributed by atoms with E-state index in [0.29, 0.717) is 6.42 Å². The Kier molecular flexibility index (Phi) is 5.89. The van der Waals surface area contributed by atoms with Crippen LogP contribution >= 0.6 is 0 Å². The Morgan fingerprint density at radius 3 is 2.54 bits per heavy atom. The summed E-state index contributed by atoms with van der Waals surface area (Å²) in [5.41, 5.74) is 1.78. The predicted molar refractivity (Wildman–Crippen MR) is 96.1 cm³/mol. The lowest BCUT2D eigenvalue weighted by atomic mass is 10.1. The highest BCUT2D eigenvalue weighted by Crippen LogP contribution is 2.24. The average molecular weight is 344 g/mol. The van der Waals surface area contributed by atoms with Crippen LogP contribution in [0.2, 0.25) is 0 Å². The summed E-state index contributed by atoms with van der Waals surface area (Å²) >= 11 is 0. The third kappa shape index (κ3) is 4.78. The van der Waals surface area contributed by atoms with Crippen molar-refractivity contribution in [1.29, 1.82) is 0 Å². The molecule has 0 radical (unpaired) electrons. The number of aliphatic imine (C=N–C) groups is 1. The molecule has 0 bridgehead atoms. The maximum absolute atomic E-state index is 11.7. The first-order valence-electron chi connectivity index (χ1n) is 7.34. The van der Waals surface area contributed by atoms with Crippen LogP contribution in [0.25, 0.3) is 0 Å². The summed E-state index contributed by atoms with van der Waals surface area (Å²) < 4.78 is 28.4. The quantitative estimate of drug-likeness (QED) is 0.619. The van der Waals surface area contributed by atoms with Crippen LogP contribution in [-0.4, -0.2) is 27.8 Å². The molecule has 2 N–H and O–H groups in total. The fraction of sp³-hybridized carbons (Fsp3) is 0.167. The van der Waals surface area contributed by atoms with E-state index in [9.17, 15) is 8.42 Å². The molecule has 0 amide bonds. The van der Waals surface area contributed by atoms with E-state index in [1.54, 1.807) is 24.4 Å². The van der Waals surface area contributed by atoms with Gasteiger partial charge in [-0.1, -0.05) is 42.5 Å². The van der Waals surface area contributed by atoms with Crippen molar-refractivity contribution in [3.63, 3.8) is 0 Å². The molecule has 1 atom stereocenters. The smallest absolute Gasteiger partial charge is 0.241 e. The number of rotatable bonds is 7. The van der Waals surface area contributed by atoms with Gasteiger partial charge in [0.05, 0.1) is 13.2 Å². The predicted octanol–water partition coefficient (Wildman–Crippen LogP) is 2.56. The third-order valence-corrected chi connectivity index (χ3v) is 4.40. The lowest BCUT2D eigenvalue weighted by Gasteiger charge is -2.11. The number of benzene rings is 2. The lowest BCUT2D eigenvalue weighted by molar-refractivity contribution is 0.402. The normalized spacial score (nSPS) is 12.9. The van der Waals surface area contributed by atoms with Crippen molar-refractivity contribution < 1.29 is 13.2 Å². The molecule has 0 fully saturated rings. The Bertz CT molecular complexity index is 831. The second kappa shape index (κ2) is 7.90. The molecule has 5 nitrogen and oxygen atoms in total. The SMILES string of the molecule is C=C[C@H](Cc1ccc(OC)c(S(N)(=O)=O)c1)N=Cc1ccccc1. The highest BCUT2D eigenvalue weighted by molar-refractivity contribution is 7.89. The summed E-state index contributed by atoms with van der Waals surface area (Å²) in [5.74, 6) is 0.226. The van der Waals surface area contributed by atoms with Crippen molar-refractivity contribution in [2.75, 3.05) is 7.11 Å². The number of primary sulfonamides is 1. The Hall–Kier alpha value is -2.44. The number of hydrogen-bond acceptors (Lipinski definition) is 4. The van der Waals surface area contributed by atoms with Crippen molar-refractivity contribution in [3.8, 4) is 5.75 Å². The molecule has 0 aliphatic carbocycles. The van der Waals surface area contributed by atoms with E-state index in [1.165, 1.54) is 13.2 Å². The molecule has 6 heteroatoms. The van der Waals surface area contributed by atoms with Gasteiger partial charge in [-0.3, -0.25) is 4.99 Å². The molecule has 2 rings (SSSR count). The van der Waals surface area contributed by atoms with Crippen LogP contribution in [0.4, 0.5) is 0 Å². The van der Waals surface area contributed by atoms with Gasteiger partial charge in [-0.15, -0.1) is 6.58 Å². The Morgan fingerprint density at radius 1 is 1.25 bits per heavy atom. The summed E-state index contributed by atoms with van der Waals surface area (Å²) in [6.45, 7) is 3.79. The summed E-state index contributed by atoms with van der Waals surface area (Å²) in [4.78, 5) is 4.46. The van der Waals surface area contributed by atoms with Gasteiger partial charge in [0.15, 0.2) is 0 Å². The number of methoxy groups -OCH3 is 1. The molecule has 0 saturated carbocycles. The van der Waals surface area contributed by atoms with Crippen molar-refractivity contribution in [3.05, 3.63) is 72.3 Å². The number of sulfonamides is 1. The first kappa shape index (κ1) is 17.9. The van der Waals surface area contributed by atoms with E-state index in [-0.39, 0.29) is 16.7 Å². The molecule has 2 aromatic rings. The summed E-state index contributed by atoms with van der Waals surface area (Å²) in [7, 11) is -2.45. The average Bonchev–Trinajstić information content (AvgIpc) is 2.58. The van der Waals surface area contributed by atoms with E-state index in [4.69, 9.17) is 9.88 Å². The molecule has 0 heterocycles. The van der Waals surface area contributed by atoms with E-state index < -0.39 is 10.0 Å². The van der Waals surface area contributed by atoms with Crippen LogP contribution in [0.5, 0.6) is 5.75 Å². The number of ether oxygens (including phenoxy) is 1. The number of hydrogen-bond donors (Lipinski definition) is 1. The minimum absolute atomic E-state index is 0.0302. The van der Waals surface area contributed by atoms with E-state index >= 15 is 0 Å². The summed E-state index contributed by atoms with van der Waals surface area (Å²) in [6.07, 6.45) is 4.01. The van der Waals surface area contributed by atoms with Crippen LogP contribution in [0.3, 0.4) is 0 Å². The van der Waals surface area contributed by atoms with Gasteiger partial charge in [0.1, 0.15) is 10.6 Å². The zero-order valence-electron chi connectivity index (χ0n) is 13.4. The Morgan fingerprint density at radius 2 is 1.96 bits per heavy atom. The maximum Gasteiger partial charge on any atom is 0.241 e. The third-order valence-electron chi connectivity index (χ3n) is 3.47. The largest absolute Gasteiger partial charge is 0.495 e. The minimum Gasteiger partial charge on any atom is -0.495 e. The maximum atomic E-state index is 11.7. The molecule has 0 aliphatic rings. The highest BCUT2D eigenvalue weighted by atomic mass is 32.2. The summed E-state index contributed by atoms with van der Waals surface area (Å²) in [6, 6.07) is 14.5. The number of nitrogens with zero attached hydrogens (tertiary/aromatic N) is 1. The van der Waals surface area contributed by atoms with E-state index in [2.05, 4.69) is 11.6 Å². The van der Waals surface area contributed by atoms with E-state index in [0.717, 1.165) is 11.1 Å². The zero-order valence-corrected chi connectivity index (χ0v) is 14.2. The lowest BCUT2D eigenvalue weighted by Crippen LogP contribution is -2.14. The van der Waals surface area contributed by atoms with Crippen LogP contribution in [0.15, 0.2) is 71.1 Å². The molecule has 0 unspecified atom stereocenters. The Labute approximate surface area is 142 Å². The Balaban J connectivity index is 2.22. The van der Waals surface area contributed by atoms with Crippen LogP contribution in [0, 0.1) is 0 Å². The minimum atomic E-state index is -3.86. The van der Waals surface area contributed by atoms with Crippen molar-refractivity contribution >= 4 is 16.2 Å². The molecular weight excluding hydrogens is 324 g/mol. The second-order valence-corrected chi connectivity index (χ2v) is 6.76. The van der Waals surface area contributed by atoms with Gasteiger partial charge in [-0.25, -0.2) is 13.6 Å². The van der Waals surface area contributed by atoms with Gasteiger partial charge in [-0.05, 0) is 29.7 Å².